The first-order valence-electron chi connectivity index (χ1n) is 2.60. The lowest BCUT2D eigenvalue weighted by Gasteiger charge is -1.95. The van der Waals surface area contributed by atoms with Crippen molar-refractivity contribution in [1.82, 2.24) is 4.98 Å². The third-order valence-corrected chi connectivity index (χ3v) is 2.24. The number of hydrogen-bond donors (Lipinski definition) is 0. The van der Waals surface area contributed by atoms with Crippen LogP contribution in [0, 0.1) is 0 Å². The van der Waals surface area contributed by atoms with Crippen LogP contribution in [0.1, 0.15) is 5.56 Å². The first-order valence-corrected chi connectivity index (χ1v) is 4.88. The van der Waals surface area contributed by atoms with E-state index in [-0.39, 0.29) is 0 Å². The van der Waals surface area contributed by atoms with Gasteiger partial charge in [0.2, 0.25) is 0 Å². The molecule has 0 fully saturated rings. The fourth-order valence-corrected chi connectivity index (χ4v) is 1.54. The molecule has 0 amide bonds. The minimum absolute atomic E-state index is 0.458. The molecule has 0 unspecified atom stereocenters. The van der Waals surface area contributed by atoms with Crippen LogP contribution in [0.15, 0.2) is 12.1 Å². The Morgan fingerprint density at radius 2 is 1.80 bits per heavy atom. The molecule has 0 bridgehead atoms. The van der Waals surface area contributed by atoms with Crippen molar-refractivity contribution in [3.8, 4) is 0 Å². The Balaban J connectivity index is 3.06. The monoisotopic (exact) mass is 287 g/mol. The minimum atomic E-state index is 0.458. The number of alkyl halides is 1. The summed E-state index contributed by atoms with van der Waals surface area (Å²) >= 11 is 13.5. The third kappa shape index (κ3) is 2.25. The molecule has 1 heterocycles. The van der Waals surface area contributed by atoms with Gasteiger partial charge in [0, 0.05) is 4.43 Å². The van der Waals surface area contributed by atoms with Gasteiger partial charge in [0.1, 0.15) is 10.3 Å². The summed E-state index contributed by atoms with van der Waals surface area (Å²) in [5.74, 6) is 0. The quantitative estimate of drug-likeness (QED) is 0.439. The van der Waals surface area contributed by atoms with Crippen molar-refractivity contribution in [3.63, 3.8) is 0 Å². The molecular formula is C6H4Cl2IN. The fraction of sp³-hybridized carbons (Fsp3) is 0.167. The Labute approximate surface area is 82.9 Å². The van der Waals surface area contributed by atoms with Crippen molar-refractivity contribution in [2.45, 2.75) is 4.43 Å². The van der Waals surface area contributed by atoms with E-state index in [1.807, 2.05) is 0 Å². The maximum atomic E-state index is 5.63. The Kier molecular flexibility index (Phi) is 3.20. The van der Waals surface area contributed by atoms with E-state index < -0.39 is 0 Å². The van der Waals surface area contributed by atoms with E-state index >= 15 is 0 Å². The average molecular weight is 288 g/mol. The van der Waals surface area contributed by atoms with Crippen molar-refractivity contribution >= 4 is 45.8 Å². The zero-order valence-electron chi connectivity index (χ0n) is 4.94. The summed E-state index contributed by atoms with van der Waals surface area (Å²) in [4.78, 5) is 3.81. The second-order valence-electron chi connectivity index (χ2n) is 1.75. The molecule has 1 aromatic heterocycles. The number of aromatic nitrogens is 1. The van der Waals surface area contributed by atoms with Gasteiger partial charge in [0.05, 0.1) is 0 Å². The Hall–Kier alpha value is 0.460. The van der Waals surface area contributed by atoms with E-state index in [0.717, 1.165) is 9.99 Å². The topological polar surface area (TPSA) is 12.9 Å². The SMILES string of the molecule is Clc1cc(CI)cc(Cl)n1. The van der Waals surface area contributed by atoms with Gasteiger partial charge in [-0.15, -0.1) is 0 Å². The molecule has 0 aromatic carbocycles. The van der Waals surface area contributed by atoms with Crippen LogP contribution in [0.2, 0.25) is 10.3 Å². The highest BCUT2D eigenvalue weighted by Crippen LogP contribution is 2.16. The van der Waals surface area contributed by atoms with Gasteiger partial charge in [-0.3, -0.25) is 0 Å². The van der Waals surface area contributed by atoms with Crippen molar-refractivity contribution in [3.05, 3.63) is 28.0 Å². The van der Waals surface area contributed by atoms with Crippen LogP contribution in [-0.2, 0) is 4.43 Å². The summed E-state index contributed by atoms with van der Waals surface area (Å²) in [6.45, 7) is 0. The second-order valence-corrected chi connectivity index (χ2v) is 3.29. The van der Waals surface area contributed by atoms with E-state index in [1.165, 1.54) is 0 Å². The molecule has 1 rings (SSSR count). The fourth-order valence-electron chi connectivity index (χ4n) is 0.591. The molecule has 0 aliphatic carbocycles. The maximum Gasteiger partial charge on any atom is 0.131 e. The summed E-state index contributed by atoms with van der Waals surface area (Å²) < 4.78 is 0.903. The molecule has 1 nitrogen and oxygen atoms in total. The number of hydrogen-bond acceptors (Lipinski definition) is 1. The molecule has 1 aromatic rings. The van der Waals surface area contributed by atoms with Crippen LogP contribution in [0.4, 0.5) is 0 Å². The van der Waals surface area contributed by atoms with Gasteiger partial charge in [-0.1, -0.05) is 45.8 Å². The number of halogens is 3. The molecule has 0 saturated carbocycles. The van der Waals surface area contributed by atoms with E-state index in [2.05, 4.69) is 27.6 Å². The van der Waals surface area contributed by atoms with Crippen molar-refractivity contribution in [2.75, 3.05) is 0 Å². The lowest BCUT2D eigenvalue weighted by atomic mass is 10.3. The zero-order chi connectivity index (χ0) is 7.56. The lowest BCUT2D eigenvalue weighted by molar-refractivity contribution is 1.28. The largest absolute Gasteiger partial charge is 0.224 e. The zero-order valence-corrected chi connectivity index (χ0v) is 8.61. The molecule has 4 heteroatoms. The van der Waals surface area contributed by atoms with Crippen LogP contribution in [0.25, 0.3) is 0 Å². The van der Waals surface area contributed by atoms with E-state index in [0.29, 0.717) is 10.3 Å². The van der Waals surface area contributed by atoms with Gasteiger partial charge in [-0.25, -0.2) is 4.98 Å². The first-order chi connectivity index (χ1) is 4.72. The van der Waals surface area contributed by atoms with Crippen LogP contribution in [0.3, 0.4) is 0 Å². The van der Waals surface area contributed by atoms with E-state index in [9.17, 15) is 0 Å². The van der Waals surface area contributed by atoms with Gasteiger partial charge in [0.15, 0.2) is 0 Å². The average Bonchev–Trinajstić information content (AvgIpc) is 1.85. The van der Waals surface area contributed by atoms with Crippen molar-refractivity contribution in [1.29, 1.82) is 0 Å². The highest BCUT2D eigenvalue weighted by molar-refractivity contribution is 14.1. The van der Waals surface area contributed by atoms with Gasteiger partial charge in [0.25, 0.3) is 0 Å². The molecule has 0 aliphatic rings. The molecule has 0 saturated heterocycles. The number of pyridine rings is 1. The maximum absolute atomic E-state index is 5.63. The normalized spacial score (nSPS) is 9.90. The summed E-state index contributed by atoms with van der Waals surface area (Å²) in [6.07, 6.45) is 0. The standard InChI is InChI=1S/C6H4Cl2IN/c7-5-1-4(3-9)2-6(8)10-5/h1-2H,3H2. The Morgan fingerprint density at radius 1 is 1.30 bits per heavy atom. The van der Waals surface area contributed by atoms with Crippen molar-refractivity contribution < 1.29 is 0 Å². The molecule has 0 atom stereocenters. The molecule has 54 valence electrons. The van der Waals surface area contributed by atoms with Gasteiger partial charge in [-0.05, 0) is 17.7 Å². The summed E-state index contributed by atoms with van der Waals surface area (Å²) in [6, 6.07) is 3.61. The first kappa shape index (κ1) is 8.56. The summed E-state index contributed by atoms with van der Waals surface area (Å²) in [5.41, 5.74) is 1.10. The van der Waals surface area contributed by atoms with E-state index in [1.54, 1.807) is 12.1 Å². The van der Waals surface area contributed by atoms with Crippen LogP contribution in [0.5, 0.6) is 0 Å². The van der Waals surface area contributed by atoms with Gasteiger partial charge in [-0.2, -0.15) is 0 Å². The highest BCUT2D eigenvalue weighted by Gasteiger charge is 1.96. The molecule has 10 heavy (non-hydrogen) atoms. The summed E-state index contributed by atoms with van der Waals surface area (Å²) in [7, 11) is 0. The van der Waals surface area contributed by atoms with Crippen molar-refractivity contribution in [2.24, 2.45) is 0 Å². The van der Waals surface area contributed by atoms with Gasteiger partial charge < -0.3 is 0 Å². The second kappa shape index (κ2) is 3.74. The molecule has 0 N–H and O–H groups in total. The minimum Gasteiger partial charge on any atom is -0.224 e. The molecular weight excluding hydrogens is 284 g/mol. The molecule has 0 radical (unpaired) electrons. The number of nitrogens with zero attached hydrogens (tertiary/aromatic N) is 1. The predicted octanol–water partition coefficient (Wildman–Crippen LogP) is 3.32. The van der Waals surface area contributed by atoms with E-state index in [4.69, 9.17) is 23.2 Å². The van der Waals surface area contributed by atoms with Crippen LogP contribution in [-0.4, -0.2) is 4.98 Å². The van der Waals surface area contributed by atoms with Gasteiger partial charge >= 0.3 is 0 Å². The lowest BCUT2D eigenvalue weighted by Crippen LogP contribution is -1.81. The van der Waals surface area contributed by atoms with Crippen LogP contribution < -0.4 is 0 Å². The number of rotatable bonds is 1. The molecule has 0 aliphatic heterocycles. The predicted molar refractivity (Wildman–Crippen MR) is 52.0 cm³/mol. The Bertz CT molecular complexity index is 219. The highest BCUT2D eigenvalue weighted by atomic mass is 127. The third-order valence-electron chi connectivity index (χ3n) is 0.977. The van der Waals surface area contributed by atoms with Crippen LogP contribution >= 0.6 is 45.8 Å². The summed E-state index contributed by atoms with van der Waals surface area (Å²) in [5, 5.41) is 0.915. The molecule has 0 spiro atoms. The Morgan fingerprint density at radius 3 is 2.20 bits per heavy atom. The smallest absolute Gasteiger partial charge is 0.131 e.